The third-order valence-corrected chi connectivity index (χ3v) is 3.71. The lowest BCUT2D eigenvalue weighted by atomic mass is 10.2. The maximum Gasteiger partial charge on any atom is 0.342 e. The Morgan fingerprint density at radius 1 is 1.44 bits per heavy atom. The highest BCUT2D eigenvalue weighted by molar-refractivity contribution is 7.71. The molecular weight excluding hydrogens is 224 g/mol. The molecule has 1 aliphatic rings. The predicted octanol–water partition coefficient (Wildman–Crippen LogP) is 1.11. The number of rotatable bonds is 4. The van der Waals surface area contributed by atoms with Crippen LogP contribution in [0, 0.1) is 4.77 Å². The van der Waals surface area contributed by atoms with Crippen LogP contribution in [0.3, 0.4) is 0 Å². The van der Waals surface area contributed by atoms with Gasteiger partial charge in [-0.25, -0.2) is 9.89 Å². The minimum Gasteiger partial charge on any atom is -0.302 e. The number of nitrogens with one attached hydrogen (secondary N) is 2. The molecule has 2 rings (SSSR count). The molecular formula is C10H18N4OS. The van der Waals surface area contributed by atoms with Crippen LogP contribution >= 0.6 is 12.2 Å². The van der Waals surface area contributed by atoms with E-state index in [-0.39, 0.29) is 5.69 Å². The first-order valence-corrected chi connectivity index (χ1v) is 6.17. The third-order valence-electron chi connectivity index (χ3n) is 3.39. The quantitative estimate of drug-likeness (QED) is 0.778. The molecule has 90 valence electrons. The van der Waals surface area contributed by atoms with E-state index in [0.29, 0.717) is 17.4 Å². The Morgan fingerprint density at radius 3 is 2.69 bits per heavy atom. The van der Waals surface area contributed by atoms with E-state index in [2.05, 4.69) is 22.1 Å². The number of hydrogen-bond acceptors (Lipinski definition) is 3. The first-order valence-electron chi connectivity index (χ1n) is 5.76. The van der Waals surface area contributed by atoms with Crippen LogP contribution in [-0.4, -0.2) is 39.3 Å². The number of likely N-dealkylation sites (N-methyl/N-ethyl adjacent to an activating group) is 1. The van der Waals surface area contributed by atoms with Crippen molar-refractivity contribution in [3.05, 3.63) is 15.3 Å². The zero-order valence-corrected chi connectivity index (χ0v) is 10.3. The zero-order chi connectivity index (χ0) is 11.5. The summed E-state index contributed by atoms with van der Waals surface area (Å²) in [5.41, 5.74) is -0.148. The molecule has 1 aliphatic carbocycles. The van der Waals surface area contributed by atoms with Gasteiger partial charge in [-0.3, -0.25) is 9.67 Å². The van der Waals surface area contributed by atoms with E-state index in [1.54, 1.807) is 4.57 Å². The number of hydrogen-bond donors (Lipinski definition) is 2. The molecule has 0 aliphatic heterocycles. The summed E-state index contributed by atoms with van der Waals surface area (Å²) in [5.74, 6) is 0. The van der Waals surface area contributed by atoms with Gasteiger partial charge in [0, 0.05) is 19.1 Å². The van der Waals surface area contributed by atoms with E-state index in [4.69, 9.17) is 12.2 Å². The van der Waals surface area contributed by atoms with Gasteiger partial charge in [-0.05, 0) is 32.1 Å². The highest BCUT2D eigenvalue weighted by atomic mass is 32.1. The van der Waals surface area contributed by atoms with Crippen LogP contribution in [0.25, 0.3) is 0 Å². The number of nitrogens with zero attached hydrogens (tertiary/aromatic N) is 2. The summed E-state index contributed by atoms with van der Waals surface area (Å²) in [6, 6.07) is 0.687. The minimum atomic E-state index is -0.148. The molecule has 0 amide bonds. The molecule has 0 spiro atoms. The Hall–Kier alpha value is -0.880. The molecule has 0 radical (unpaired) electrons. The monoisotopic (exact) mass is 242 g/mol. The topological polar surface area (TPSA) is 56.8 Å². The Morgan fingerprint density at radius 2 is 2.12 bits per heavy atom. The van der Waals surface area contributed by atoms with Crippen molar-refractivity contribution < 1.29 is 0 Å². The van der Waals surface area contributed by atoms with Crippen LogP contribution in [0.5, 0.6) is 0 Å². The van der Waals surface area contributed by atoms with Gasteiger partial charge in [-0.1, -0.05) is 12.8 Å². The van der Waals surface area contributed by atoms with E-state index < -0.39 is 0 Å². The van der Waals surface area contributed by atoms with Gasteiger partial charge in [0.1, 0.15) is 0 Å². The van der Waals surface area contributed by atoms with Crippen LogP contribution in [0.1, 0.15) is 25.7 Å². The largest absolute Gasteiger partial charge is 0.342 e. The Kier molecular flexibility index (Phi) is 3.60. The van der Waals surface area contributed by atoms with Crippen LogP contribution < -0.4 is 5.69 Å². The SMILES string of the molecule is CN(CCn1c(=O)[nH][nH]c1=S)C1CCCC1. The average Bonchev–Trinajstić information content (AvgIpc) is 2.87. The number of aromatic amines is 2. The van der Waals surface area contributed by atoms with Crippen molar-refractivity contribution in [1.29, 1.82) is 0 Å². The average molecular weight is 242 g/mol. The standard InChI is InChI=1S/C10H18N4OS/c1-13(8-4-2-3-5-8)6-7-14-9(15)11-12-10(14)16/h8H,2-7H2,1H3,(H,11,15)(H,12,16). The van der Waals surface area contributed by atoms with E-state index in [9.17, 15) is 4.79 Å². The molecule has 1 aromatic rings. The van der Waals surface area contributed by atoms with Crippen LogP contribution in [0.2, 0.25) is 0 Å². The molecule has 2 N–H and O–H groups in total. The fourth-order valence-corrected chi connectivity index (χ4v) is 2.55. The Balaban J connectivity index is 1.92. The predicted molar refractivity (Wildman–Crippen MR) is 65.1 cm³/mol. The maximum absolute atomic E-state index is 11.4. The molecule has 1 aromatic heterocycles. The van der Waals surface area contributed by atoms with Crippen molar-refractivity contribution in [2.45, 2.75) is 38.3 Å². The molecule has 6 heteroatoms. The summed E-state index contributed by atoms with van der Waals surface area (Å²) in [4.78, 5) is 13.7. The molecule has 1 heterocycles. The summed E-state index contributed by atoms with van der Waals surface area (Å²) < 4.78 is 2.05. The molecule has 0 atom stereocenters. The second kappa shape index (κ2) is 4.97. The summed E-state index contributed by atoms with van der Waals surface area (Å²) in [5, 5.41) is 5.14. The molecule has 0 unspecified atom stereocenters. The number of H-pyrrole nitrogens is 2. The fraction of sp³-hybridized carbons (Fsp3) is 0.800. The van der Waals surface area contributed by atoms with Crippen LogP contribution in [0.15, 0.2) is 4.79 Å². The second-order valence-electron chi connectivity index (χ2n) is 4.43. The lowest BCUT2D eigenvalue weighted by molar-refractivity contribution is 0.235. The van der Waals surface area contributed by atoms with Crippen molar-refractivity contribution >= 4 is 12.2 Å². The lowest BCUT2D eigenvalue weighted by Gasteiger charge is -2.23. The molecule has 0 saturated heterocycles. The van der Waals surface area contributed by atoms with Gasteiger partial charge in [-0.15, -0.1) is 0 Å². The Labute approximate surface area is 99.5 Å². The second-order valence-corrected chi connectivity index (χ2v) is 4.82. The number of aromatic nitrogens is 3. The first-order chi connectivity index (χ1) is 7.68. The normalized spacial score (nSPS) is 17.4. The van der Waals surface area contributed by atoms with E-state index >= 15 is 0 Å². The van der Waals surface area contributed by atoms with Crippen LogP contribution in [-0.2, 0) is 6.54 Å². The van der Waals surface area contributed by atoms with Crippen molar-refractivity contribution in [3.63, 3.8) is 0 Å². The smallest absolute Gasteiger partial charge is 0.302 e. The summed E-state index contributed by atoms with van der Waals surface area (Å²) in [6.45, 7) is 1.53. The minimum absolute atomic E-state index is 0.148. The lowest BCUT2D eigenvalue weighted by Crippen LogP contribution is -2.33. The Bertz CT molecular complexity index is 413. The van der Waals surface area contributed by atoms with Crippen LogP contribution in [0.4, 0.5) is 0 Å². The highest BCUT2D eigenvalue weighted by Crippen LogP contribution is 2.21. The van der Waals surface area contributed by atoms with E-state index in [1.807, 2.05) is 0 Å². The molecule has 16 heavy (non-hydrogen) atoms. The first kappa shape index (κ1) is 11.6. The highest BCUT2D eigenvalue weighted by Gasteiger charge is 2.19. The van der Waals surface area contributed by atoms with Crippen molar-refractivity contribution in [2.24, 2.45) is 0 Å². The zero-order valence-electron chi connectivity index (χ0n) is 9.53. The van der Waals surface area contributed by atoms with Gasteiger partial charge in [0.2, 0.25) is 0 Å². The van der Waals surface area contributed by atoms with Gasteiger partial charge in [-0.2, -0.15) is 0 Å². The van der Waals surface area contributed by atoms with Crippen molar-refractivity contribution in [2.75, 3.05) is 13.6 Å². The molecule has 5 nitrogen and oxygen atoms in total. The van der Waals surface area contributed by atoms with Crippen molar-refractivity contribution in [3.8, 4) is 0 Å². The van der Waals surface area contributed by atoms with Crippen molar-refractivity contribution in [1.82, 2.24) is 19.7 Å². The molecule has 1 saturated carbocycles. The van der Waals surface area contributed by atoms with Gasteiger partial charge >= 0.3 is 5.69 Å². The fourth-order valence-electron chi connectivity index (χ4n) is 2.32. The molecule has 0 aromatic carbocycles. The summed E-state index contributed by atoms with van der Waals surface area (Å²) in [7, 11) is 2.13. The van der Waals surface area contributed by atoms with Gasteiger partial charge in [0.15, 0.2) is 4.77 Å². The van der Waals surface area contributed by atoms with E-state index in [0.717, 1.165) is 6.54 Å². The molecule has 0 bridgehead atoms. The van der Waals surface area contributed by atoms with Gasteiger partial charge in [0.25, 0.3) is 0 Å². The van der Waals surface area contributed by atoms with Gasteiger partial charge in [0.05, 0.1) is 0 Å². The van der Waals surface area contributed by atoms with E-state index in [1.165, 1.54) is 25.7 Å². The maximum atomic E-state index is 11.4. The van der Waals surface area contributed by atoms with Gasteiger partial charge < -0.3 is 4.90 Å². The third kappa shape index (κ3) is 2.44. The molecule has 1 fully saturated rings. The summed E-state index contributed by atoms with van der Waals surface area (Å²) in [6.07, 6.45) is 5.23. The summed E-state index contributed by atoms with van der Waals surface area (Å²) >= 11 is 5.02.